The zero-order chi connectivity index (χ0) is 13.3. The molecule has 4 nitrogen and oxygen atoms in total. The van der Waals surface area contributed by atoms with E-state index in [2.05, 4.69) is 21.2 Å². The first-order valence-corrected chi connectivity index (χ1v) is 8.05. The van der Waals surface area contributed by atoms with Crippen molar-refractivity contribution in [2.45, 2.75) is 30.7 Å². The van der Waals surface area contributed by atoms with Crippen LogP contribution in [0.15, 0.2) is 21.5 Å². The van der Waals surface area contributed by atoms with Crippen molar-refractivity contribution >= 4 is 31.5 Å². The van der Waals surface area contributed by atoms with E-state index in [9.17, 15) is 8.42 Å². The minimum Gasteiger partial charge on any atom is -0.379 e. The number of hydrogen-bond acceptors (Lipinski definition) is 4. The fourth-order valence-electron chi connectivity index (χ4n) is 2.09. The Morgan fingerprint density at radius 1 is 1.56 bits per heavy atom. The van der Waals surface area contributed by atoms with Gasteiger partial charge in [-0.1, -0.05) is 0 Å². The molecule has 0 amide bonds. The van der Waals surface area contributed by atoms with E-state index >= 15 is 0 Å². The van der Waals surface area contributed by atoms with Crippen molar-refractivity contribution in [3.63, 3.8) is 0 Å². The highest BCUT2D eigenvalue weighted by Crippen LogP contribution is 2.36. The van der Waals surface area contributed by atoms with Crippen LogP contribution in [0.3, 0.4) is 0 Å². The van der Waals surface area contributed by atoms with Crippen molar-refractivity contribution in [1.29, 1.82) is 5.26 Å². The van der Waals surface area contributed by atoms with E-state index < -0.39 is 9.84 Å². The summed E-state index contributed by atoms with van der Waals surface area (Å²) in [6.45, 7) is 1.86. The Balaban J connectivity index is 2.44. The smallest absolute Gasteiger partial charge is 0.182 e. The fourth-order valence-corrected chi connectivity index (χ4v) is 4.72. The Morgan fingerprint density at radius 2 is 2.28 bits per heavy atom. The predicted octanol–water partition coefficient (Wildman–Crippen LogP) is 2.63. The van der Waals surface area contributed by atoms with Crippen LogP contribution in [0.25, 0.3) is 0 Å². The van der Waals surface area contributed by atoms with Gasteiger partial charge < -0.3 is 5.32 Å². The number of anilines is 1. The van der Waals surface area contributed by atoms with Crippen molar-refractivity contribution < 1.29 is 8.42 Å². The van der Waals surface area contributed by atoms with Gasteiger partial charge in [0.05, 0.1) is 22.4 Å². The molecule has 0 aromatic heterocycles. The molecular formula is C12H13BrN2O2S. The SMILES string of the molecule is Cc1cc(Br)c2c(c1)S(=O)(=O)CC(CCC#N)N2. The van der Waals surface area contributed by atoms with E-state index in [1.54, 1.807) is 6.07 Å². The molecule has 0 bridgehead atoms. The standard InChI is InChI=1S/C12H13BrN2O2S/c1-8-5-10(13)12-11(6-8)18(16,17)7-9(15-12)3-2-4-14/h5-6,9,15H,2-3,7H2,1H3. The second-order valence-electron chi connectivity index (χ2n) is 4.44. The van der Waals surface area contributed by atoms with Crippen LogP contribution < -0.4 is 5.32 Å². The second kappa shape index (κ2) is 4.90. The Labute approximate surface area is 115 Å². The third-order valence-corrected chi connectivity index (χ3v) is 5.37. The van der Waals surface area contributed by atoms with Crippen LogP contribution in [-0.4, -0.2) is 20.2 Å². The van der Waals surface area contributed by atoms with Gasteiger partial charge in [-0.3, -0.25) is 0 Å². The average molecular weight is 329 g/mol. The predicted molar refractivity (Wildman–Crippen MR) is 73.2 cm³/mol. The number of benzene rings is 1. The topological polar surface area (TPSA) is 70.0 Å². The van der Waals surface area contributed by atoms with Crippen LogP contribution in [0.5, 0.6) is 0 Å². The summed E-state index contributed by atoms with van der Waals surface area (Å²) >= 11 is 3.39. The summed E-state index contributed by atoms with van der Waals surface area (Å²) in [6, 6.07) is 5.42. The normalized spacial score (nSPS) is 20.6. The first-order valence-electron chi connectivity index (χ1n) is 5.60. The van der Waals surface area contributed by atoms with Gasteiger partial charge in [0, 0.05) is 16.9 Å². The van der Waals surface area contributed by atoms with Gasteiger partial charge in [-0.2, -0.15) is 5.26 Å². The Hall–Kier alpha value is -1.06. The zero-order valence-electron chi connectivity index (χ0n) is 9.90. The summed E-state index contributed by atoms with van der Waals surface area (Å²) in [4.78, 5) is 0.350. The highest BCUT2D eigenvalue weighted by Gasteiger charge is 2.31. The highest BCUT2D eigenvalue weighted by atomic mass is 79.9. The molecule has 1 aromatic rings. The van der Waals surface area contributed by atoms with Crippen LogP contribution in [0.1, 0.15) is 18.4 Å². The quantitative estimate of drug-likeness (QED) is 0.905. The summed E-state index contributed by atoms with van der Waals surface area (Å²) in [5, 5.41) is 11.8. The minimum absolute atomic E-state index is 0.0531. The number of nitrogens with one attached hydrogen (secondary N) is 1. The van der Waals surface area contributed by atoms with E-state index in [0.29, 0.717) is 23.4 Å². The number of aryl methyl sites for hydroxylation is 1. The molecule has 0 saturated carbocycles. The molecule has 0 radical (unpaired) electrons. The Morgan fingerprint density at radius 3 is 2.94 bits per heavy atom. The van der Waals surface area contributed by atoms with Gasteiger partial charge in [0.1, 0.15) is 0 Å². The number of sulfone groups is 1. The van der Waals surface area contributed by atoms with Gasteiger partial charge in [-0.25, -0.2) is 8.42 Å². The molecule has 0 fully saturated rings. The van der Waals surface area contributed by atoms with Crippen molar-refractivity contribution in [1.82, 2.24) is 0 Å². The molecule has 18 heavy (non-hydrogen) atoms. The van der Waals surface area contributed by atoms with Crippen LogP contribution in [0.4, 0.5) is 5.69 Å². The molecule has 1 heterocycles. The molecule has 1 aromatic carbocycles. The minimum atomic E-state index is -3.27. The molecule has 0 aliphatic carbocycles. The van der Waals surface area contributed by atoms with E-state index in [1.807, 2.05) is 19.1 Å². The molecule has 1 atom stereocenters. The molecule has 1 N–H and O–H groups in total. The van der Waals surface area contributed by atoms with E-state index in [-0.39, 0.29) is 11.8 Å². The number of rotatable bonds is 2. The maximum absolute atomic E-state index is 12.2. The molecule has 96 valence electrons. The van der Waals surface area contributed by atoms with Gasteiger partial charge in [-0.05, 0) is 47.0 Å². The van der Waals surface area contributed by atoms with Crippen LogP contribution in [0, 0.1) is 18.3 Å². The van der Waals surface area contributed by atoms with Gasteiger partial charge in [0.15, 0.2) is 9.84 Å². The summed E-state index contributed by atoms with van der Waals surface area (Å²) < 4.78 is 25.2. The molecule has 1 aliphatic rings. The maximum atomic E-state index is 12.2. The van der Waals surface area contributed by atoms with Gasteiger partial charge >= 0.3 is 0 Å². The van der Waals surface area contributed by atoms with E-state index in [1.165, 1.54) is 0 Å². The van der Waals surface area contributed by atoms with Crippen molar-refractivity contribution in [3.05, 3.63) is 22.2 Å². The molecule has 1 aliphatic heterocycles. The monoisotopic (exact) mass is 328 g/mol. The molecular weight excluding hydrogens is 316 g/mol. The molecule has 0 spiro atoms. The third-order valence-electron chi connectivity index (χ3n) is 2.91. The van der Waals surface area contributed by atoms with Gasteiger partial charge in [-0.15, -0.1) is 0 Å². The lowest BCUT2D eigenvalue weighted by Crippen LogP contribution is -2.34. The van der Waals surface area contributed by atoms with Gasteiger partial charge in [0.2, 0.25) is 0 Å². The van der Waals surface area contributed by atoms with Crippen LogP contribution in [-0.2, 0) is 9.84 Å². The number of fused-ring (bicyclic) bond motifs is 1. The lowest BCUT2D eigenvalue weighted by atomic mass is 10.1. The Kier molecular flexibility index (Phi) is 3.64. The van der Waals surface area contributed by atoms with Crippen molar-refractivity contribution in [2.75, 3.05) is 11.1 Å². The average Bonchev–Trinajstić information content (AvgIpc) is 2.27. The summed E-state index contributed by atoms with van der Waals surface area (Å²) in [7, 11) is -3.27. The summed E-state index contributed by atoms with van der Waals surface area (Å²) in [5.41, 5.74) is 1.52. The van der Waals surface area contributed by atoms with Crippen LogP contribution >= 0.6 is 15.9 Å². The molecule has 1 unspecified atom stereocenters. The van der Waals surface area contributed by atoms with Crippen LogP contribution in [0.2, 0.25) is 0 Å². The number of nitrogens with zero attached hydrogens (tertiary/aromatic N) is 1. The second-order valence-corrected chi connectivity index (χ2v) is 7.30. The first-order chi connectivity index (χ1) is 8.44. The van der Waals surface area contributed by atoms with Crippen molar-refractivity contribution in [2.24, 2.45) is 0 Å². The largest absolute Gasteiger partial charge is 0.379 e. The molecule has 2 rings (SSSR count). The number of halogens is 1. The maximum Gasteiger partial charge on any atom is 0.182 e. The fraction of sp³-hybridized carbons (Fsp3) is 0.417. The van der Waals surface area contributed by atoms with E-state index in [0.717, 1.165) is 10.0 Å². The highest BCUT2D eigenvalue weighted by molar-refractivity contribution is 9.10. The number of hydrogen-bond donors (Lipinski definition) is 1. The zero-order valence-corrected chi connectivity index (χ0v) is 12.3. The van der Waals surface area contributed by atoms with E-state index in [4.69, 9.17) is 5.26 Å². The third kappa shape index (κ3) is 2.52. The number of nitriles is 1. The summed E-state index contributed by atoms with van der Waals surface area (Å²) in [6.07, 6.45) is 0.890. The Bertz CT molecular complexity index is 620. The van der Waals surface area contributed by atoms with Gasteiger partial charge in [0.25, 0.3) is 0 Å². The molecule has 6 heteroatoms. The van der Waals surface area contributed by atoms with Crippen molar-refractivity contribution in [3.8, 4) is 6.07 Å². The summed E-state index contributed by atoms with van der Waals surface area (Å²) in [5.74, 6) is 0.0531. The first kappa shape index (κ1) is 13.4. The lowest BCUT2D eigenvalue weighted by molar-refractivity contribution is 0.580. The lowest BCUT2D eigenvalue weighted by Gasteiger charge is -2.27. The molecule has 0 saturated heterocycles.